The first kappa shape index (κ1) is 14.1. The van der Waals surface area contributed by atoms with Gasteiger partial charge in [-0.15, -0.1) is 0 Å². The highest BCUT2D eigenvalue weighted by Gasteiger charge is 2.28. The van der Waals surface area contributed by atoms with E-state index in [0.29, 0.717) is 6.04 Å². The molecule has 0 aromatic carbocycles. The van der Waals surface area contributed by atoms with E-state index >= 15 is 0 Å². The summed E-state index contributed by atoms with van der Waals surface area (Å²) in [5.74, 6) is 0.944. The third-order valence-corrected chi connectivity index (χ3v) is 3.81. The van der Waals surface area contributed by atoms with Crippen molar-refractivity contribution in [2.45, 2.75) is 58.9 Å². The standard InChI is InChI=1S/C16H27N/c1-6-9-14-10-15(11-14)17-13(5)16(8-3)12(4)7-2/h7,14-15,17H,2,5-6,8-11H2,1,3-4H3/b16-12+. The second-order valence-electron chi connectivity index (χ2n) is 5.17. The van der Waals surface area contributed by atoms with Gasteiger partial charge in [0.1, 0.15) is 0 Å². The van der Waals surface area contributed by atoms with Crippen LogP contribution in [0, 0.1) is 5.92 Å². The largest absolute Gasteiger partial charge is 0.383 e. The molecule has 0 amide bonds. The third kappa shape index (κ3) is 3.76. The molecule has 17 heavy (non-hydrogen) atoms. The molecule has 96 valence electrons. The van der Waals surface area contributed by atoms with Gasteiger partial charge in [0.15, 0.2) is 0 Å². The molecule has 0 saturated heterocycles. The van der Waals surface area contributed by atoms with Gasteiger partial charge in [0.2, 0.25) is 0 Å². The minimum Gasteiger partial charge on any atom is -0.383 e. The molecule has 0 spiro atoms. The Morgan fingerprint density at radius 2 is 2.00 bits per heavy atom. The number of nitrogens with one attached hydrogen (secondary N) is 1. The van der Waals surface area contributed by atoms with Crippen LogP contribution in [0.1, 0.15) is 52.9 Å². The zero-order valence-corrected chi connectivity index (χ0v) is 11.7. The third-order valence-electron chi connectivity index (χ3n) is 3.81. The summed E-state index contributed by atoms with van der Waals surface area (Å²) in [7, 11) is 0. The Bertz CT molecular complexity index is 305. The van der Waals surface area contributed by atoms with Crippen LogP contribution in [-0.2, 0) is 0 Å². The molecule has 1 fully saturated rings. The summed E-state index contributed by atoms with van der Waals surface area (Å²) in [5, 5.41) is 3.57. The van der Waals surface area contributed by atoms with Crippen LogP contribution in [0.15, 0.2) is 36.1 Å². The molecular weight excluding hydrogens is 206 g/mol. The zero-order chi connectivity index (χ0) is 12.8. The van der Waals surface area contributed by atoms with Gasteiger partial charge in [0, 0.05) is 11.7 Å². The summed E-state index contributed by atoms with van der Waals surface area (Å²) >= 11 is 0. The predicted molar refractivity (Wildman–Crippen MR) is 76.9 cm³/mol. The Balaban J connectivity index is 2.43. The molecule has 1 nitrogen and oxygen atoms in total. The molecule has 0 unspecified atom stereocenters. The minimum absolute atomic E-state index is 0.651. The highest BCUT2D eigenvalue weighted by molar-refractivity contribution is 5.36. The van der Waals surface area contributed by atoms with Gasteiger partial charge in [-0.3, -0.25) is 0 Å². The maximum absolute atomic E-state index is 4.17. The van der Waals surface area contributed by atoms with Gasteiger partial charge in [-0.1, -0.05) is 45.9 Å². The van der Waals surface area contributed by atoms with Crippen LogP contribution in [0.5, 0.6) is 0 Å². The number of allylic oxidation sites excluding steroid dienone is 3. The Labute approximate surface area is 107 Å². The lowest BCUT2D eigenvalue weighted by atomic mass is 9.77. The molecule has 1 N–H and O–H groups in total. The Hall–Kier alpha value is -0.980. The highest BCUT2D eigenvalue weighted by atomic mass is 14.9. The van der Waals surface area contributed by atoms with Crippen molar-refractivity contribution >= 4 is 0 Å². The minimum atomic E-state index is 0.651. The lowest BCUT2D eigenvalue weighted by Crippen LogP contribution is -2.40. The molecule has 0 aromatic heterocycles. The van der Waals surface area contributed by atoms with Gasteiger partial charge in [-0.25, -0.2) is 0 Å². The number of hydrogen-bond acceptors (Lipinski definition) is 1. The monoisotopic (exact) mass is 233 g/mol. The molecule has 1 rings (SSSR count). The zero-order valence-electron chi connectivity index (χ0n) is 11.7. The van der Waals surface area contributed by atoms with Crippen LogP contribution in [-0.4, -0.2) is 6.04 Å². The van der Waals surface area contributed by atoms with E-state index in [1.54, 1.807) is 0 Å². The summed E-state index contributed by atoms with van der Waals surface area (Å²) in [6.45, 7) is 14.6. The van der Waals surface area contributed by atoms with Crippen molar-refractivity contribution < 1.29 is 0 Å². The molecule has 0 radical (unpaired) electrons. The second-order valence-corrected chi connectivity index (χ2v) is 5.17. The van der Waals surface area contributed by atoms with Gasteiger partial charge < -0.3 is 5.32 Å². The van der Waals surface area contributed by atoms with Crippen molar-refractivity contribution in [2.75, 3.05) is 0 Å². The Morgan fingerprint density at radius 3 is 2.47 bits per heavy atom. The van der Waals surface area contributed by atoms with E-state index in [0.717, 1.165) is 18.0 Å². The topological polar surface area (TPSA) is 12.0 Å². The molecule has 0 aromatic rings. The lowest BCUT2D eigenvalue weighted by molar-refractivity contribution is 0.221. The Morgan fingerprint density at radius 1 is 1.35 bits per heavy atom. The fraction of sp³-hybridized carbons (Fsp3) is 0.625. The van der Waals surface area contributed by atoms with Gasteiger partial charge in [-0.2, -0.15) is 0 Å². The summed E-state index contributed by atoms with van der Waals surface area (Å²) in [5.41, 5.74) is 3.67. The normalized spacial score (nSPS) is 24.6. The second kappa shape index (κ2) is 6.68. The highest BCUT2D eigenvalue weighted by Crippen LogP contribution is 2.32. The first-order valence-corrected chi connectivity index (χ1v) is 6.90. The van der Waals surface area contributed by atoms with Crippen LogP contribution >= 0.6 is 0 Å². The molecule has 0 bridgehead atoms. The van der Waals surface area contributed by atoms with Gasteiger partial charge in [0.05, 0.1) is 0 Å². The van der Waals surface area contributed by atoms with E-state index < -0.39 is 0 Å². The summed E-state index contributed by atoms with van der Waals surface area (Å²) in [6, 6.07) is 0.651. The maximum Gasteiger partial charge on any atom is 0.0304 e. The van der Waals surface area contributed by atoms with Crippen molar-refractivity contribution in [1.29, 1.82) is 0 Å². The molecule has 1 saturated carbocycles. The van der Waals surface area contributed by atoms with E-state index in [-0.39, 0.29) is 0 Å². The average molecular weight is 233 g/mol. The SMILES string of the molecule is C=C/C(C)=C(\CC)C(=C)NC1CC(CCC)C1. The van der Waals surface area contributed by atoms with Gasteiger partial charge in [0.25, 0.3) is 0 Å². The Kier molecular flexibility index (Phi) is 5.54. The van der Waals surface area contributed by atoms with Crippen LogP contribution < -0.4 is 5.32 Å². The van der Waals surface area contributed by atoms with E-state index in [4.69, 9.17) is 0 Å². The quantitative estimate of drug-likeness (QED) is 0.635. The van der Waals surface area contributed by atoms with Crippen molar-refractivity contribution in [3.8, 4) is 0 Å². The van der Waals surface area contributed by atoms with Crippen molar-refractivity contribution in [3.05, 3.63) is 36.1 Å². The smallest absolute Gasteiger partial charge is 0.0304 e. The van der Waals surface area contributed by atoms with Crippen LogP contribution in [0.2, 0.25) is 0 Å². The summed E-state index contributed by atoms with van der Waals surface area (Å²) < 4.78 is 0. The predicted octanol–water partition coefficient (Wildman–Crippen LogP) is 4.58. The summed E-state index contributed by atoms with van der Waals surface area (Å²) in [4.78, 5) is 0. The lowest BCUT2D eigenvalue weighted by Gasteiger charge is -2.37. The molecule has 0 aliphatic heterocycles. The molecule has 1 heteroatoms. The van der Waals surface area contributed by atoms with Crippen molar-refractivity contribution in [1.82, 2.24) is 5.32 Å². The number of hydrogen-bond donors (Lipinski definition) is 1. The van der Waals surface area contributed by atoms with E-state index in [1.165, 1.54) is 36.8 Å². The first-order valence-electron chi connectivity index (χ1n) is 6.90. The average Bonchev–Trinajstić information content (AvgIpc) is 2.27. The molecular formula is C16H27N. The molecule has 0 atom stereocenters. The maximum atomic E-state index is 4.17. The molecule has 1 aliphatic rings. The van der Waals surface area contributed by atoms with Crippen LogP contribution in [0.4, 0.5) is 0 Å². The first-order chi connectivity index (χ1) is 8.12. The fourth-order valence-corrected chi connectivity index (χ4v) is 2.68. The van der Waals surface area contributed by atoms with E-state index in [2.05, 4.69) is 39.2 Å². The van der Waals surface area contributed by atoms with Crippen molar-refractivity contribution in [2.24, 2.45) is 5.92 Å². The van der Waals surface area contributed by atoms with E-state index in [9.17, 15) is 0 Å². The van der Waals surface area contributed by atoms with Crippen LogP contribution in [0.3, 0.4) is 0 Å². The number of rotatable bonds is 7. The molecule has 1 aliphatic carbocycles. The van der Waals surface area contributed by atoms with Crippen LogP contribution in [0.25, 0.3) is 0 Å². The molecule has 0 heterocycles. The van der Waals surface area contributed by atoms with E-state index in [1.807, 2.05) is 6.08 Å². The summed E-state index contributed by atoms with van der Waals surface area (Å²) in [6.07, 6.45) is 8.27. The van der Waals surface area contributed by atoms with Gasteiger partial charge in [-0.05, 0) is 43.3 Å². The fourth-order valence-electron chi connectivity index (χ4n) is 2.68. The van der Waals surface area contributed by atoms with Crippen molar-refractivity contribution in [3.63, 3.8) is 0 Å². The van der Waals surface area contributed by atoms with Gasteiger partial charge >= 0.3 is 0 Å².